The number of carbonyl (C=O) groups excluding carboxylic acids is 2. The van der Waals surface area contributed by atoms with E-state index in [1.165, 1.54) is 6.07 Å². The van der Waals surface area contributed by atoms with Crippen LogP contribution in [0, 0.1) is 5.92 Å². The zero-order chi connectivity index (χ0) is 29.0. The summed E-state index contributed by atoms with van der Waals surface area (Å²) in [6.07, 6.45) is 1.38. The molecule has 0 aromatic heterocycles. The number of rotatable bonds is 9. The van der Waals surface area contributed by atoms with Crippen LogP contribution in [0.15, 0.2) is 71.6 Å². The molecule has 3 aromatic rings. The van der Waals surface area contributed by atoms with E-state index in [0.29, 0.717) is 54.4 Å². The summed E-state index contributed by atoms with van der Waals surface area (Å²) in [6, 6.07) is 18.4. The second kappa shape index (κ2) is 12.2. The number of piperidine rings is 1. The van der Waals surface area contributed by atoms with E-state index in [-0.39, 0.29) is 30.2 Å². The van der Waals surface area contributed by atoms with Crippen LogP contribution in [0.3, 0.4) is 0 Å². The maximum Gasteiger partial charge on any atom is 0.310 e. The smallest absolute Gasteiger partial charge is 0.310 e. The van der Waals surface area contributed by atoms with Gasteiger partial charge in [0.25, 0.3) is 5.91 Å². The number of anilines is 2. The fraction of sp³-hybridized carbons (Fsp3) is 0.333. The number of amides is 1. The monoisotopic (exact) mass is 579 g/mol. The summed E-state index contributed by atoms with van der Waals surface area (Å²) in [5, 5.41) is 2.80. The number of sulfonamides is 1. The predicted molar refractivity (Wildman–Crippen MR) is 154 cm³/mol. The van der Waals surface area contributed by atoms with E-state index < -0.39 is 22.0 Å². The van der Waals surface area contributed by atoms with E-state index in [4.69, 9.17) is 14.2 Å². The summed E-state index contributed by atoms with van der Waals surface area (Å²) in [4.78, 5) is 27.5. The van der Waals surface area contributed by atoms with Crippen LogP contribution in [-0.2, 0) is 19.6 Å². The second-order valence-electron chi connectivity index (χ2n) is 10.00. The number of nitrogens with one attached hydrogen (secondary N) is 2. The molecule has 216 valence electrons. The summed E-state index contributed by atoms with van der Waals surface area (Å²) in [5.74, 6) is -0.0478. The Morgan fingerprint density at radius 2 is 1.83 bits per heavy atom. The van der Waals surface area contributed by atoms with Gasteiger partial charge >= 0.3 is 5.97 Å². The SMILES string of the molecule is CCOC(=O)C1CCCN(c2ccc(NC(=O)c3ccc4c(c3)OCO4)cc2S(=O)(=O)NC(C)c2ccccc2)C1. The van der Waals surface area contributed by atoms with Gasteiger partial charge in [0.15, 0.2) is 11.5 Å². The number of hydrogen-bond acceptors (Lipinski definition) is 8. The van der Waals surface area contributed by atoms with Crippen molar-refractivity contribution in [3.8, 4) is 11.5 Å². The number of esters is 1. The molecule has 1 saturated heterocycles. The van der Waals surface area contributed by atoms with E-state index in [2.05, 4.69) is 10.0 Å². The molecule has 0 spiro atoms. The lowest BCUT2D eigenvalue weighted by molar-refractivity contribution is -0.148. The Hall–Kier alpha value is -4.09. The Morgan fingerprint density at radius 3 is 2.61 bits per heavy atom. The van der Waals surface area contributed by atoms with Gasteiger partial charge < -0.3 is 24.4 Å². The minimum absolute atomic E-state index is 0.00766. The minimum atomic E-state index is -4.06. The first-order valence-electron chi connectivity index (χ1n) is 13.6. The summed E-state index contributed by atoms with van der Waals surface area (Å²) in [6.45, 7) is 4.82. The van der Waals surface area contributed by atoms with Crippen LogP contribution < -0.4 is 24.4 Å². The van der Waals surface area contributed by atoms with Gasteiger partial charge in [-0.1, -0.05) is 30.3 Å². The first kappa shape index (κ1) is 28.4. The van der Waals surface area contributed by atoms with Crippen LogP contribution in [0.1, 0.15) is 48.7 Å². The fourth-order valence-electron chi connectivity index (χ4n) is 5.06. The molecule has 2 atom stereocenters. The molecule has 2 unspecified atom stereocenters. The largest absolute Gasteiger partial charge is 0.466 e. The van der Waals surface area contributed by atoms with Gasteiger partial charge in [-0.05, 0) is 68.7 Å². The van der Waals surface area contributed by atoms with Crippen LogP contribution in [0.25, 0.3) is 0 Å². The Bertz CT molecular complexity index is 1530. The summed E-state index contributed by atoms with van der Waals surface area (Å²) in [5.41, 5.74) is 1.91. The molecule has 3 aromatic carbocycles. The quantitative estimate of drug-likeness (QED) is 0.356. The molecular formula is C30H33N3O7S. The van der Waals surface area contributed by atoms with Crippen molar-refractivity contribution >= 4 is 33.3 Å². The average Bonchev–Trinajstić information content (AvgIpc) is 3.46. The highest BCUT2D eigenvalue weighted by atomic mass is 32.2. The molecule has 0 saturated carbocycles. The highest BCUT2D eigenvalue weighted by Crippen LogP contribution is 2.35. The van der Waals surface area contributed by atoms with Gasteiger partial charge in [-0.25, -0.2) is 13.1 Å². The Kier molecular flexibility index (Phi) is 8.46. The van der Waals surface area contributed by atoms with Gasteiger partial charge in [0.05, 0.1) is 18.2 Å². The van der Waals surface area contributed by atoms with Gasteiger partial charge in [0, 0.05) is 30.4 Å². The lowest BCUT2D eigenvalue weighted by atomic mass is 9.97. The van der Waals surface area contributed by atoms with E-state index >= 15 is 0 Å². The molecule has 2 aliphatic heterocycles. The van der Waals surface area contributed by atoms with Crippen LogP contribution in [0.2, 0.25) is 0 Å². The molecule has 0 bridgehead atoms. The number of fused-ring (bicyclic) bond motifs is 1. The van der Waals surface area contributed by atoms with E-state index in [9.17, 15) is 18.0 Å². The van der Waals surface area contributed by atoms with Crippen LogP contribution in [0.4, 0.5) is 11.4 Å². The standard InChI is InChI=1S/C30H33N3O7S/c1-3-38-30(35)23-10-7-15-33(18-23)25-13-12-24(31-29(34)22-11-14-26-27(16-22)40-19-39-26)17-28(25)41(36,37)32-20(2)21-8-5-4-6-9-21/h4-6,8-9,11-14,16-17,20,23,32H,3,7,10,15,18-19H2,1-2H3,(H,31,34). The summed E-state index contributed by atoms with van der Waals surface area (Å²) >= 11 is 0. The Morgan fingerprint density at radius 1 is 1.05 bits per heavy atom. The Labute approximate surface area is 239 Å². The molecule has 5 rings (SSSR count). The van der Waals surface area contributed by atoms with Crippen molar-refractivity contribution in [3.05, 3.63) is 77.9 Å². The lowest BCUT2D eigenvalue weighted by Crippen LogP contribution is -2.40. The Balaban J connectivity index is 1.45. The van der Waals surface area contributed by atoms with Crippen molar-refractivity contribution in [1.82, 2.24) is 4.72 Å². The molecule has 1 amide bonds. The third-order valence-electron chi connectivity index (χ3n) is 7.16. The first-order valence-corrected chi connectivity index (χ1v) is 15.1. The van der Waals surface area contributed by atoms with Gasteiger partial charge in [-0.2, -0.15) is 0 Å². The van der Waals surface area contributed by atoms with Crippen molar-refractivity contribution in [2.45, 2.75) is 37.6 Å². The van der Waals surface area contributed by atoms with Crippen LogP contribution in [0.5, 0.6) is 11.5 Å². The molecular weight excluding hydrogens is 546 g/mol. The highest BCUT2D eigenvalue weighted by molar-refractivity contribution is 7.89. The van der Waals surface area contributed by atoms with Crippen molar-refractivity contribution in [3.63, 3.8) is 0 Å². The topological polar surface area (TPSA) is 123 Å². The van der Waals surface area contributed by atoms with Crippen molar-refractivity contribution < 1.29 is 32.2 Å². The normalized spacial score (nSPS) is 17.1. The first-order chi connectivity index (χ1) is 19.7. The number of benzene rings is 3. The molecule has 2 aliphatic rings. The zero-order valence-electron chi connectivity index (χ0n) is 23.0. The predicted octanol–water partition coefficient (Wildman–Crippen LogP) is 4.49. The molecule has 0 radical (unpaired) electrons. The average molecular weight is 580 g/mol. The number of carbonyl (C=O) groups is 2. The molecule has 41 heavy (non-hydrogen) atoms. The number of hydrogen-bond donors (Lipinski definition) is 2. The van der Waals surface area contributed by atoms with Crippen LogP contribution in [-0.4, -0.2) is 46.8 Å². The molecule has 10 nitrogen and oxygen atoms in total. The summed E-state index contributed by atoms with van der Waals surface area (Å²) in [7, 11) is -4.06. The van der Waals surface area contributed by atoms with Gasteiger partial charge in [0.1, 0.15) is 4.90 Å². The third kappa shape index (κ3) is 6.47. The van der Waals surface area contributed by atoms with Crippen LogP contribution >= 0.6 is 0 Å². The van der Waals surface area contributed by atoms with E-state index in [1.807, 2.05) is 35.2 Å². The van der Waals surface area contributed by atoms with E-state index in [1.54, 1.807) is 44.2 Å². The fourth-order valence-corrected chi connectivity index (χ4v) is 6.55. The van der Waals surface area contributed by atoms with Crippen molar-refractivity contribution in [1.29, 1.82) is 0 Å². The zero-order valence-corrected chi connectivity index (χ0v) is 23.8. The summed E-state index contributed by atoms with van der Waals surface area (Å²) < 4.78 is 46.4. The van der Waals surface area contributed by atoms with Gasteiger partial charge in [-0.15, -0.1) is 0 Å². The second-order valence-corrected chi connectivity index (χ2v) is 11.7. The maximum absolute atomic E-state index is 13.9. The molecule has 0 aliphatic carbocycles. The van der Waals surface area contributed by atoms with Crippen molar-refractivity contribution in [2.24, 2.45) is 5.92 Å². The van der Waals surface area contributed by atoms with Gasteiger partial charge in [-0.3, -0.25) is 9.59 Å². The van der Waals surface area contributed by atoms with Crippen molar-refractivity contribution in [2.75, 3.05) is 36.7 Å². The molecule has 1 fully saturated rings. The molecule has 11 heteroatoms. The maximum atomic E-state index is 13.9. The third-order valence-corrected chi connectivity index (χ3v) is 8.73. The molecule has 2 N–H and O–H groups in total. The van der Waals surface area contributed by atoms with Gasteiger partial charge in [0.2, 0.25) is 16.8 Å². The van der Waals surface area contributed by atoms with E-state index in [0.717, 1.165) is 5.56 Å². The minimum Gasteiger partial charge on any atom is -0.466 e. The number of ether oxygens (including phenoxy) is 3. The highest BCUT2D eigenvalue weighted by Gasteiger charge is 2.31. The number of nitrogens with zero attached hydrogens (tertiary/aromatic N) is 1. The lowest BCUT2D eigenvalue weighted by Gasteiger charge is -2.34. The molecule has 2 heterocycles.